The number of ketones is 1. The highest BCUT2D eigenvalue weighted by Gasteiger charge is 2.67. The summed E-state index contributed by atoms with van der Waals surface area (Å²) in [6, 6.07) is 0. The number of aldehydes is 1. The summed E-state index contributed by atoms with van der Waals surface area (Å²) >= 11 is 0. The van der Waals surface area contributed by atoms with E-state index in [2.05, 4.69) is 41.2 Å². The third kappa shape index (κ3) is 2.69. The summed E-state index contributed by atoms with van der Waals surface area (Å²) in [5.74, 6) is 4.23. The number of rotatable bonds is 2. The molecule has 0 N–H and O–H groups in total. The maximum atomic E-state index is 12.8. The Morgan fingerprint density at radius 1 is 0.903 bits per heavy atom. The lowest BCUT2D eigenvalue weighted by molar-refractivity contribution is -0.197. The van der Waals surface area contributed by atoms with Crippen molar-refractivity contribution in [2.45, 2.75) is 98.8 Å². The molecule has 172 valence electrons. The van der Waals surface area contributed by atoms with E-state index in [-0.39, 0.29) is 16.2 Å². The Kier molecular flexibility index (Phi) is 4.80. The van der Waals surface area contributed by atoms with Crippen LogP contribution in [0.4, 0.5) is 0 Å². The van der Waals surface area contributed by atoms with Crippen LogP contribution in [0.5, 0.6) is 0 Å². The number of Topliss-reactive ketones (excluding diaryl/α,β-unsaturated/α-hetero) is 1. The van der Waals surface area contributed by atoms with Gasteiger partial charge in [-0.05, 0) is 111 Å². The molecule has 2 nitrogen and oxygen atoms in total. The number of carbonyl (C=O) groups is 2. The number of hydrogen-bond donors (Lipinski definition) is 0. The molecule has 5 aliphatic rings. The van der Waals surface area contributed by atoms with Crippen LogP contribution < -0.4 is 0 Å². The Bertz CT molecular complexity index is 810. The van der Waals surface area contributed by atoms with Crippen molar-refractivity contribution in [3.05, 3.63) is 12.2 Å². The van der Waals surface area contributed by atoms with E-state index >= 15 is 0 Å². The van der Waals surface area contributed by atoms with Crippen LogP contribution in [0.25, 0.3) is 0 Å². The molecule has 0 radical (unpaired) electrons. The minimum Gasteiger partial charge on any atom is -0.303 e. The summed E-state index contributed by atoms with van der Waals surface area (Å²) in [4.78, 5) is 25.3. The highest BCUT2D eigenvalue weighted by Crippen LogP contribution is 2.73. The SMILES string of the molecule is C=C(C)[C@@H]1CC[C@]2(C=O)CCC3[C@H](CCC4[C@@]3(C)CC[C@H]3C(C)(C)C(=O)CC[C@]43C)C12. The molecule has 0 aromatic heterocycles. The average Bonchev–Trinajstić information content (AvgIpc) is 3.11. The Balaban J connectivity index is 1.51. The molecular formula is C29H44O2. The lowest BCUT2D eigenvalue weighted by Crippen LogP contribution is -2.62. The third-order valence-electron chi connectivity index (χ3n) is 12.3. The molecule has 5 rings (SSSR count). The second kappa shape index (κ2) is 6.80. The molecule has 0 aromatic rings. The zero-order chi connectivity index (χ0) is 22.4. The molecule has 0 aliphatic heterocycles. The van der Waals surface area contributed by atoms with Crippen molar-refractivity contribution < 1.29 is 9.59 Å². The lowest BCUT2D eigenvalue weighted by Gasteiger charge is -2.68. The van der Waals surface area contributed by atoms with Gasteiger partial charge < -0.3 is 4.79 Å². The predicted octanol–water partition coefficient (Wildman–Crippen LogP) is 7.02. The average molecular weight is 425 g/mol. The molecule has 0 saturated heterocycles. The van der Waals surface area contributed by atoms with Gasteiger partial charge in [-0.1, -0.05) is 39.8 Å². The van der Waals surface area contributed by atoms with Gasteiger partial charge in [0.25, 0.3) is 0 Å². The molecule has 5 saturated carbocycles. The van der Waals surface area contributed by atoms with E-state index in [9.17, 15) is 9.59 Å². The number of carbonyl (C=O) groups excluding carboxylic acids is 2. The van der Waals surface area contributed by atoms with Crippen LogP contribution in [0.2, 0.25) is 0 Å². The van der Waals surface area contributed by atoms with Crippen LogP contribution in [0.15, 0.2) is 12.2 Å². The van der Waals surface area contributed by atoms with Crippen molar-refractivity contribution in [1.82, 2.24) is 0 Å². The van der Waals surface area contributed by atoms with Gasteiger partial charge in [-0.2, -0.15) is 0 Å². The summed E-state index contributed by atoms with van der Waals surface area (Å²) < 4.78 is 0. The van der Waals surface area contributed by atoms with Crippen LogP contribution in [0.3, 0.4) is 0 Å². The van der Waals surface area contributed by atoms with Crippen LogP contribution in [0.1, 0.15) is 98.8 Å². The lowest BCUT2D eigenvalue weighted by atomic mass is 9.36. The number of hydrogen-bond acceptors (Lipinski definition) is 2. The quantitative estimate of drug-likeness (QED) is 0.352. The van der Waals surface area contributed by atoms with Crippen molar-refractivity contribution >= 4 is 12.1 Å². The Labute approximate surface area is 190 Å². The molecule has 2 heteroatoms. The van der Waals surface area contributed by atoms with E-state index in [1.807, 2.05) is 0 Å². The molecular weight excluding hydrogens is 380 g/mol. The van der Waals surface area contributed by atoms with Crippen molar-refractivity contribution in [1.29, 1.82) is 0 Å². The molecule has 0 amide bonds. The first-order valence-electron chi connectivity index (χ1n) is 13.2. The molecule has 5 fully saturated rings. The van der Waals surface area contributed by atoms with Gasteiger partial charge in [0, 0.05) is 17.3 Å². The fourth-order valence-corrected chi connectivity index (χ4v) is 10.9. The molecule has 5 aliphatic carbocycles. The third-order valence-corrected chi connectivity index (χ3v) is 12.3. The first kappa shape index (κ1) is 21.9. The number of fused-ring (bicyclic) bond motifs is 7. The van der Waals surface area contributed by atoms with E-state index in [1.54, 1.807) is 0 Å². The van der Waals surface area contributed by atoms with Crippen molar-refractivity contribution in [2.24, 2.45) is 57.2 Å². The van der Waals surface area contributed by atoms with Gasteiger partial charge in [0.1, 0.15) is 12.1 Å². The molecule has 0 aromatic carbocycles. The highest BCUT2D eigenvalue weighted by atomic mass is 16.1. The summed E-state index contributed by atoms with van der Waals surface area (Å²) in [6.07, 6.45) is 12.9. The summed E-state index contributed by atoms with van der Waals surface area (Å²) in [6.45, 7) is 16.2. The van der Waals surface area contributed by atoms with Gasteiger partial charge >= 0.3 is 0 Å². The normalized spacial score (nSPS) is 53.0. The first-order chi connectivity index (χ1) is 14.5. The second-order valence-corrected chi connectivity index (χ2v) is 13.6. The summed E-state index contributed by atoms with van der Waals surface area (Å²) in [5.41, 5.74) is 1.72. The summed E-state index contributed by atoms with van der Waals surface area (Å²) in [7, 11) is 0. The minimum atomic E-state index is -0.166. The van der Waals surface area contributed by atoms with Crippen LogP contribution in [0, 0.1) is 57.2 Å². The Morgan fingerprint density at radius 2 is 1.61 bits per heavy atom. The fourth-order valence-electron chi connectivity index (χ4n) is 10.9. The molecule has 0 heterocycles. The first-order valence-corrected chi connectivity index (χ1v) is 13.2. The van der Waals surface area contributed by atoms with Crippen molar-refractivity contribution in [2.75, 3.05) is 0 Å². The van der Waals surface area contributed by atoms with Crippen molar-refractivity contribution in [3.63, 3.8) is 0 Å². The summed E-state index contributed by atoms with van der Waals surface area (Å²) in [5, 5.41) is 0. The van der Waals surface area contributed by atoms with Gasteiger partial charge in [0.05, 0.1) is 0 Å². The fraction of sp³-hybridized carbons (Fsp3) is 0.862. The van der Waals surface area contributed by atoms with Gasteiger partial charge in [-0.3, -0.25) is 4.79 Å². The van der Waals surface area contributed by atoms with Crippen LogP contribution in [-0.4, -0.2) is 12.1 Å². The van der Waals surface area contributed by atoms with Crippen LogP contribution >= 0.6 is 0 Å². The molecule has 0 spiro atoms. The van der Waals surface area contributed by atoms with E-state index < -0.39 is 0 Å². The van der Waals surface area contributed by atoms with E-state index in [0.717, 1.165) is 43.9 Å². The second-order valence-electron chi connectivity index (χ2n) is 13.6. The maximum Gasteiger partial charge on any atom is 0.138 e. The molecule has 9 atom stereocenters. The molecule has 0 bridgehead atoms. The Hall–Kier alpha value is -0.920. The van der Waals surface area contributed by atoms with E-state index in [0.29, 0.717) is 34.9 Å². The minimum absolute atomic E-state index is 0.0751. The van der Waals surface area contributed by atoms with Gasteiger partial charge in [-0.25, -0.2) is 0 Å². The van der Waals surface area contributed by atoms with Gasteiger partial charge in [0.2, 0.25) is 0 Å². The highest BCUT2D eigenvalue weighted by molar-refractivity contribution is 5.85. The molecule has 3 unspecified atom stereocenters. The maximum absolute atomic E-state index is 12.8. The molecule has 31 heavy (non-hydrogen) atoms. The predicted molar refractivity (Wildman–Crippen MR) is 125 cm³/mol. The zero-order valence-electron chi connectivity index (χ0n) is 20.6. The van der Waals surface area contributed by atoms with E-state index in [4.69, 9.17) is 0 Å². The van der Waals surface area contributed by atoms with Crippen molar-refractivity contribution in [3.8, 4) is 0 Å². The number of allylic oxidation sites excluding steroid dienone is 1. The van der Waals surface area contributed by atoms with Gasteiger partial charge in [0.15, 0.2) is 0 Å². The largest absolute Gasteiger partial charge is 0.303 e. The zero-order valence-corrected chi connectivity index (χ0v) is 20.6. The monoisotopic (exact) mass is 424 g/mol. The van der Waals surface area contributed by atoms with E-state index in [1.165, 1.54) is 44.0 Å². The topological polar surface area (TPSA) is 34.1 Å². The van der Waals surface area contributed by atoms with Crippen LogP contribution in [-0.2, 0) is 9.59 Å². The smallest absolute Gasteiger partial charge is 0.138 e. The van der Waals surface area contributed by atoms with Gasteiger partial charge in [-0.15, -0.1) is 0 Å². The standard InChI is InChI=1S/C29H44O2/c1-18(2)19-9-15-29(17-30)16-10-21-20(25(19)29)7-8-23-27(21,5)13-11-22-26(3,4)24(31)12-14-28(22,23)6/h17,19-23,25H,1,7-16H2,2-6H3/t19-,20-,21?,22-,23?,25?,27-,28-,29+/m0/s1. The Morgan fingerprint density at radius 3 is 2.29 bits per heavy atom.